The van der Waals surface area contributed by atoms with E-state index in [1.54, 1.807) is 11.3 Å². The first-order valence-electron chi connectivity index (χ1n) is 6.85. The highest BCUT2D eigenvalue weighted by molar-refractivity contribution is 7.14. The van der Waals surface area contributed by atoms with Crippen molar-refractivity contribution in [2.24, 2.45) is 5.92 Å². The van der Waals surface area contributed by atoms with Crippen LogP contribution in [0.4, 0.5) is 5.00 Å². The molecule has 1 aromatic carbocycles. The number of piperidine rings is 1. The lowest BCUT2D eigenvalue weighted by Crippen LogP contribution is -2.41. The molecule has 2 atom stereocenters. The lowest BCUT2D eigenvalue weighted by molar-refractivity contribution is -0.143. The van der Waals surface area contributed by atoms with E-state index in [1.807, 2.05) is 41.8 Å². The van der Waals surface area contributed by atoms with Crippen LogP contribution in [0.5, 0.6) is 0 Å². The number of thiophene rings is 1. The summed E-state index contributed by atoms with van der Waals surface area (Å²) < 4.78 is 0. The second-order valence-electron chi connectivity index (χ2n) is 5.09. The first-order chi connectivity index (χ1) is 9.77. The molecule has 0 aliphatic carbocycles. The molecule has 1 saturated heterocycles. The Kier molecular flexibility index (Phi) is 3.74. The summed E-state index contributed by atoms with van der Waals surface area (Å²) in [6.07, 6.45) is 1.68. The van der Waals surface area contributed by atoms with Crippen molar-refractivity contribution >= 4 is 22.3 Å². The molecule has 0 amide bonds. The van der Waals surface area contributed by atoms with Crippen molar-refractivity contribution in [2.45, 2.75) is 18.9 Å². The van der Waals surface area contributed by atoms with Crippen LogP contribution in [0.1, 0.15) is 24.4 Å². The maximum absolute atomic E-state index is 11.6. The lowest BCUT2D eigenvalue weighted by Gasteiger charge is -2.40. The molecule has 0 saturated carbocycles. The van der Waals surface area contributed by atoms with Gasteiger partial charge in [0.1, 0.15) is 0 Å². The fourth-order valence-corrected chi connectivity index (χ4v) is 3.79. The minimum Gasteiger partial charge on any atom is -0.481 e. The first-order valence-corrected chi connectivity index (χ1v) is 7.73. The summed E-state index contributed by atoms with van der Waals surface area (Å²) in [5, 5.41) is 12.8. The Morgan fingerprint density at radius 2 is 2.00 bits per heavy atom. The predicted molar refractivity (Wildman–Crippen MR) is 81.2 cm³/mol. The number of aliphatic carboxylic acids is 1. The van der Waals surface area contributed by atoms with Crippen LogP contribution in [-0.4, -0.2) is 17.6 Å². The number of carbonyl (C=O) groups is 1. The third kappa shape index (κ3) is 2.43. The fraction of sp³-hybridized carbons (Fsp3) is 0.312. The molecule has 0 spiro atoms. The average molecular weight is 287 g/mol. The van der Waals surface area contributed by atoms with Crippen molar-refractivity contribution in [2.75, 3.05) is 11.4 Å². The summed E-state index contributed by atoms with van der Waals surface area (Å²) in [6, 6.07) is 14.0. The molecule has 2 unspecified atom stereocenters. The minimum absolute atomic E-state index is 0.0684. The Bertz CT molecular complexity index is 567. The molecule has 20 heavy (non-hydrogen) atoms. The topological polar surface area (TPSA) is 40.5 Å². The molecule has 1 aromatic heterocycles. The summed E-state index contributed by atoms with van der Waals surface area (Å²) in [5.41, 5.74) is 1.09. The first kappa shape index (κ1) is 13.2. The number of benzene rings is 1. The van der Waals surface area contributed by atoms with Crippen LogP contribution in [0.2, 0.25) is 0 Å². The Labute approximate surface area is 122 Å². The van der Waals surface area contributed by atoms with E-state index in [9.17, 15) is 9.90 Å². The van der Waals surface area contributed by atoms with E-state index in [-0.39, 0.29) is 12.0 Å². The summed E-state index contributed by atoms with van der Waals surface area (Å²) >= 11 is 1.67. The Balaban J connectivity index is 2.01. The van der Waals surface area contributed by atoms with Crippen molar-refractivity contribution in [1.29, 1.82) is 0 Å². The molecular formula is C16H17NO2S. The SMILES string of the molecule is O=C(O)C1CCCN(c2cccs2)C1c1ccccc1. The van der Waals surface area contributed by atoms with Gasteiger partial charge in [0, 0.05) is 6.54 Å². The zero-order valence-electron chi connectivity index (χ0n) is 11.1. The molecule has 4 heteroatoms. The summed E-state index contributed by atoms with van der Waals surface area (Å²) in [4.78, 5) is 13.9. The number of hydrogen-bond acceptors (Lipinski definition) is 3. The van der Waals surface area contributed by atoms with Crippen LogP contribution in [0.15, 0.2) is 47.8 Å². The standard InChI is InChI=1S/C16H17NO2S/c18-16(19)13-8-4-10-17(14-9-5-11-20-14)15(13)12-6-2-1-3-7-12/h1-3,5-7,9,11,13,15H,4,8,10H2,(H,18,19). The van der Waals surface area contributed by atoms with E-state index in [0.29, 0.717) is 0 Å². The van der Waals surface area contributed by atoms with Crippen molar-refractivity contribution in [3.8, 4) is 0 Å². The van der Waals surface area contributed by atoms with E-state index in [4.69, 9.17) is 0 Å². The molecular weight excluding hydrogens is 270 g/mol. The second-order valence-corrected chi connectivity index (χ2v) is 6.01. The van der Waals surface area contributed by atoms with Gasteiger partial charge in [0.15, 0.2) is 0 Å². The molecule has 1 aliphatic rings. The summed E-state index contributed by atoms with van der Waals surface area (Å²) in [7, 11) is 0. The fourth-order valence-electron chi connectivity index (χ4n) is 3.00. The van der Waals surface area contributed by atoms with Gasteiger partial charge in [-0.1, -0.05) is 30.3 Å². The van der Waals surface area contributed by atoms with Gasteiger partial charge in [-0.05, 0) is 35.9 Å². The highest BCUT2D eigenvalue weighted by atomic mass is 32.1. The summed E-state index contributed by atoms with van der Waals surface area (Å²) in [5.74, 6) is -1.03. The van der Waals surface area contributed by atoms with Crippen LogP contribution in [-0.2, 0) is 4.79 Å². The van der Waals surface area contributed by atoms with Crippen LogP contribution < -0.4 is 4.90 Å². The molecule has 1 fully saturated rings. The van der Waals surface area contributed by atoms with E-state index < -0.39 is 5.97 Å². The highest BCUT2D eigenvalue weighted by Gasteiger charge is 2.37. The molecule has 2 heterocycles. The number of carboxylic acids is 1. The lowest BCUT2D eigenvalue weighted by atomic mass is 9.85. The van der Waals surface area contributed by atoms with Gasteiger partial charge in [0.25, 0.3) is 0 Å². The molecule has 3 rings (SSSR count). The van der Waals surface area contributed by atoms with E-state index >= 15 is 0 Å². The van der Waals surface area contributed by atoms with Crippen LogP contribution >= 0.6 is 11.3 Å². The molecule has 0 bridgehead atoms. The molecule has 2 aromatic rings. The van der Waals surface area contributed by atoms with Gasteiger partial charge in [-0.25, -0.2) is 0 Å². The number of carboxylic acid groups (broad SMARTS) is 1. The van der Waals surface area contributed by atoms with E-state index in [1.165, 1.54) is 0 Å². The normalized spacial score (nSPS) is 22.7. The van der Waals surface area contributed by atoms with Gasteiger partial charge in [0.05, 0.1) is 17.0 Å². The molecule has 1 aliphatic heterocycles. The maximum Gasteiger partial charge on any atom is 0.308 e. The Hall–Kier alpha value is -1.81. The molecule has 0 radical (unpaired) electrons. The van der Waals surface area contributed by atoms with Crippen LogP contribution in [0, 0.1) is 5.92 Å². The van der Waals surface area contributed by atoms with Crippen LogP contribution in [0.25, 0.3) is 0 Å². The average Bonchev–Trinajstić information content (AvgIpc) is 3.01. The molecule has 1 N–H and O–H groups in total. The van der Waals surface area contributed by atoms with Gasteiger partial charge >= 0.3 is 5.97 Å². The monoisotopic (exact) mass is 287 g/mol. The molecule has 3 nitrogen and oxygen atoms in total. The molecule has 104 valence electrons. The number of hydrogen-bond donors (Lipinski definition) is 1. The van der Waals surface area contributed by atoms with Crippen molar-refractivity contribution in [3.05, 3.63) is 53.4 Å². The van der Waals surface area contributed by atoms with Gasteiger partial charge in [0.2, 0.25) is 0 Å². The van der Waals surface area contributed by atoms with Gasteiger partial charge < -0.3 is 10.0 Å². The zero-order chi connectivity index (χ0) is 13.9. The summed E-state index contributed by atoms with van der Waals surface area (Å²) in [6.45, 7) is 0.920. The largest absolute Gasteiger partial charge is 0.481 e. The van der Waals surface area contributed by atoms with E-state index in [2.05, 4.69) is 11.0 Å². The van der Waals surface area contributed by atoms with Crippen molar-refractivity contribution in [1.82, 2.24) is 0 Å². The zero-order valence-corrected chi connectivity index (χ0v) is 11.9. The van der Waals surface area contributed by atoms with Crippen LogP contribution in [0.3, 0.4) is 0 Å². The van der Waals surface area contributed by atoms with Gasteiger partial charge in [-0.15, -0.1) is 11.3 Å². The maximum atomic E-state index is 11.6. The highest BCUT2D eigenvalue weighted by Crippen LogP contribution is 2.40. The number of anilines is 1. The third-order valence-electron chi connectivity index (χ3n) is 3.88. The van der Waals surface area contributed by atoms with Gasteiger partial charge in [-0.3, -0.25) is 4.79 Å². The third-order valence-corrected chi connectivity index (χ3v) is 4.78. The minimum atomic E-state index is -0.694. The predicted octanol–water partition coefficient (Wildman–Crippen LogP) is 3.79. The van der Waals surface area contributed by atoms with Crippen molar-refractivity contribution < 1.29 is 9.90 Å². The van der Waals surface area contributed by atoms with Crippen molar-refractivity contribution in [3.63, 3.8) is 0 Å². The second kappa shape index (κ2) is 5.67. The number of rotatable bonds is 3. The van der Waals surface area contributed by atoms with E-state index in [0.717, 1.165) is 30.0 Å². The quantitative estimate of drug-likeness (QED) is 0.933. The Morgan fingerprint density at radius 1 is 1.20 bits per heavy atom. The number of nitrogens with zero attached hydrogens (tertiary/aromatic N) is 1. The smallest absolute Gasteiger partial charge is 0.308 e. The van der Waals surface area contributed by atoms with Gasteiger partial charge in [-0.2, -0.15) is 0 Å². The Morgan fingerprint density at radius 3 is 2.65 bits per heavy atom.